The molecule has 0 radical (unpaired) electrons. The first-order valence-electron chi connectivity index (χ1n) is 5.97. The zero-order valence-electron chi connectivity index (χ0n) is 10.2. The van der Waals surface area contributed by atoms with Crippen molar-refractivity contribution in [1.82, 2.24) is 4.90 Å². The van der Waals surface area contributed by atoms with Crippen LogP contribution in [0.5, 0.6) is 0 Å². The fraction of sp³-hybridized carbons (Fsp3) is 0.462. The summed E-state index contributed by atoms with van der Waals surface area (Å²) in [6.45, 7) is 1.61. The van der Waals surface area contributed by atoms with Gasteiger partial charge in [0.15, 0.2) is 0 Å². The summed E-state index contributed by atoms with van der Waals surface area (Å²) in [6.07, 6.45) is -3.73. The summed E-state index contributed by atoms with van der Waals surface area (Å²) >= 11 is 0. The molecular formula is C13H14F3NO2. The molecule has 104 valence electrons. The number of carboxylic acids is 1. The van der Waals surface area contributed by atoms with Crippen molar-refractivity contribution in [3.05, 3.63) is 35.4 Å². The highest BCUT2D eigenvalue weighted by Crippen LogP contribution is 2.29. The molecule has 0 aromatic heterocycles. The van der Waals surface area contributed by atoms with E-state index in [0.717, 1.165) is 17.7 Å². The maximum atomic E-state index is 12.4. The lowest BCUT2D eigenvalue weighted by Gasteiger charge is -2.15. The van der Waals surface area contributed by atoms with Crippen LogP contribution >= 0.6 is 0 Å². The smallest absolute Gasteiger partial charge is 0.416 e. The maximum Gasteiger partial charge on any atom is 0.416 e. The van der Waals surface area contributed by atoms with Gasteiger partial charge in [-0.1, -0.05) is 12.1 Å². The van der Waals surface area contributed by atoms with Crippen LogP contribution in [-0.4, -0.2) is 29.1 Å². The normalized spacial score (nSPS) is 20.7. The summed E-state index contributed by atoms with van der Waals surface area (Å²) < 4.78 is 37.2. The van der Waals surface area contributed by atoms with Gasteiger partial charge in [0, 0.05) is 13.1 Å². The summed E-state index contributed by atoms with van der Waals surface area (Å²) in [5.41, 5.74) is 0.0973. The lowest BCUT2D eigenvalue weighted by Crippen LogP contribution is -2.22. The molecule has 1 aliphatic rings. The fourth-order valence-electron chi connectivity index (χ4n) is 2.24. The van der Waals surface area contributed by atoms with Gasteiger partial charge in [0.05, 0.1) is 11.5 Å². The van der Waals surface area contributed by atoms with Crippen molar-refractivity contribution in [2.45, 2.75) is 19.1 Å². The van der Waals surface area contributed by atoms with Gasteiger partial charge in [-0.05, 0) is 30.7 Å². The average Bonchev–Trinajstić information content (AvgIpc) is 2.77. The van der Waals surface area contributed by atoms with Crippen LogP contribution in [-0.2, 0) is 17.5 Å². The van der Waals surface area contributed by atoms with E-state index >= 15 is 0 Å². The Kier molecular flexibility index (Phi) is 3.80. The topological polar surface area (TPSA) is 40.5 Å². The van der Waals surface area contributed by atoms with E-state index in [9.17, 15) is 18.0 Å². The highest BCUT2D eigenvalue weighted by Gasteiger charge is 2.30. The number of rotatable bonds is 3. The van der Waals surface area contributed by atoms with Crippen LogP contribution in [0.2, 0.25) is 0 Å². The van der Waals surface area contributed by atoms with Crippen molar-refractivity contribution in [2.75, 3.05) is 13.1 Å². The van der Waals surface area contributed by atoms with Gasteiger partial charge in [0.2, 0.25) is 0 Å². The quantitative estimate of drug-likeness (QED) is 0.920. The summed E-state index contributed by atoms with van der Waals surface area (Å²) in [5, 5.41) is 8.87. The summed E-state index contributed by atoms with van der Waals surface area (Å²) in [5.74, 6) is -1.18. The number of carbonyl (C=O) groups is 1. The minimum absolute atomic E-state index is 0.366. The van der Waals surface area contributed by atoms with Gasteiger partial charge >= 0.3 is 12.1 Å². The predicted molar refractivity (Wildman–Crippen MR) is 62.5 cm³/mol. The Bertz CT molecular complexity index is 456. The first-order valence-corrected chi connectivity index (χ1v) is 5.97. The molecule has 1 atom stereocenters. The molecule has 6 heteroatoms. The number of nitrogens with zero attached hydrogens (tertiary/aromatic N) is 1. The second-order valence-electron chi connectivity index (χ2n) is 4.75. The number of halogens is 3. The van der Waals surface area contributed by atoms with Gasteiger partial charge in [-0.3, -0.25) is 9.69 Å². The third kappa shape index (κ3) is 3.47. The van der Waals surface area contributed by atoms with Crippen LogP contribution < -0.4 is 0 Å². The summed E-state index contributed by atoms with van der Waals surface area (Å²) in [7, 11) is 0. The average molecular weight is 273 g/mol. The van der Waals surface area contributed by atoms with Crippen LogP contribution in [0.4, 0.5) is 13.2 Å². The molecule has 0 saturated carbocycles. The molecule has 1 fully saturated rings. The summed E-state index contributed by atoms with van der Waals surface area (Å²) in [6, 6.07) is 4.99. The molecule has 0 amide bonds. The van der Waals surface area contributed by atoms with Gasteiger partial charge in [0.25, 0.3) is 0 Å². The highest BCUT2D eigenvalue weighted by atomic mass is 19.4. The van der Waals surface area contributed by atoms with Crippen molar-refractivity contribution >= 4 is 5.97 Å². The standard InChI is InChI=1S/C13H14F3NO2/c14-13(15,16)11-3-1-9(2-4-11)7-17-6-5-10(8-17)12(18)19/h1-4,10H,5-8H2,(H,18,19)/t10-/m0/s1. The zero-order chi connectivity index (χ0) is 14.0. The van der Waals surface area contributed by atoms with Crippen molar-refractivity contribution in [3.63, 3.8) is 0 Å². The van der Waals surface area contributed by atoms with Crippen molar-refractivity contribution < 1.29 is 23.1 Å². The Balaban J connectivity index is 1.96. The van der Waals surface area contributed by atoms with Gasteiger partial charge in [-0.15, -0.1) is 0 Å². The minimum Gasteiger partial charge on any atom is -0.481 e. The summed E-state index contributed by atoms with van der Waals surface area (Å²) in [4.78, 5) is 12.7. The van der Waals surface area contributed by atoms with E-state index in [1.807, 2.05) is 4.90 Å². The van der Waals surface area contributed by atoms with E-state index in [-0.39, 0.29) is 5.92 Å². The molecule has 2 rings (SSSR count). The molecule has 0 unspecified atom stereocenters. The van der Waals surface area contributed by atoms with Crippen molar-refractivity contribution in [3.8, 4) is 0 Å². The second-order valence-corrected chi connectivity index (χ2v) is 4.75. The Morgan fingerprint density at radius 2 is 1.95 bits per heavy atom. The van der Waals surface area contributed by atoms with Gasteiger partial charge in [-0.25, -0.2) is 0 Å². The molecule has 1 N–H and O–H groups in total. The van der Waals surface area contributed by atoms with E-state index < -0.39 is 17.7 Å². The van der Waals surface area contributed by atoms with Crippen LogP contribution in [0.25, 0.3) is 0 Å². The van der Waals surface area contributed by atoms with E-state index in [4.69, 9.17) is 5.11 Å². The van der Waals surface area contributed by atoms with Crippen molar-refractivity contribution in [2.24, 2.45) is 5.92 Å². The Hall–Kier alpha value is -1.56. The van der Waals surface area contributed by atoms with E-state index in [1.165, 1.54) is 12.1 Å². The van der Waals surface area contributed by atoms with E-state index in [2.05, 4.69) is 0 Å². The first-order chi connectivity index (χ1) is 8.86. The molecule has 0 aliphatic carbocycles. The van der Waals surface area contributed by atoms with E-state index in [0.29, 0.717) is 26.1 Å². The van der Waals surface area contributed by atoms with Crippen LogP contribution in [0.3, 0.4) is 0 Å². The van der Waals surface area contributed by atoms with E-state index in [1.54, 1.807) is 0 Å². The predicted octanol–water partition coefficient (Wildman–Crippen LogP) is 2.61. The zero-order valence-corrected chi connectivity index (χ0v) is 10.2. The molecule has 1 aromatic rings. The van der Waals surface area contributed by atoms with Crippen LogP contribution in [0.15, 0.2) is 24.3 Å². The van der Waals surface area contributed by atoms with Gasteiger partial charge < -0.3 is 5.11 Å². The molecule has 1 heterocycles. The molecule has 1 aromatic carbocycles. The lowest BCUT2D eigenvalue weighted by atomic mass is 10.1. The first kappa shape index (κ1) is 13.9. The van der Waals surface area contributed by atoms with Crippen molar-refractivity contribution in [1.29, 1.82) is 0 Å². The maximum absolute atomic E-state index is 12.4. The molecule has 1 saturated heterocycles. The Labute approximate surface area is 108 Å². The third-order valence-electron chi connectivity index (χ3n) is 3.31. The molecule has 0 bridgehead atoms. The van der Waals surface area contributed by atoms with Crippen LogP contribution in [0, 0.1) is 5.92 Å². The third-order valence-corrected chi connectivity index (χ3v) is 3.31. The largest absolute Gasteiger partial charge is 0.481 e. The van der Waals surface area contributed by atoms with Crippen LogP contribution in [0.1, 0.15) is 17.5 Å². The molecular weight excluding hydrogens is 259 g/mol. The SMILES string of the molecule is O=C(O)[C@H]1CCN(Cc2ccc(C(F)(F)F)cc2)C1. The van der Waals surface area contributed by atoms with Gasteiger partial charge in [0.1, 0.15) is 0 Å². The number of hydrogen-bond donors (Lipinski definition) is 1. The monoisotopic (exact) mass is 273 g/mol. The second kappa shape index (κ2) is 5.21. The molecule has 3 nitrogen and oxygen atoms in total. The fourth-order valence-corrected chi connectivity index (χ4v) is 2.24. The molecule has 19 heavy (non-hydrogen) atoms. The number of likely N-dealkylation sites (tertiary alicyclic amines) is 1. The number of carboxylic acid groups (broad SMARTS) is 1. The van der Waals surface area contributed by atoms with Gasteiger partial charge in [-0.2, -0.15) is 13.2 Å². The lowest BCUT2D eigenvalue weighted by molar-refractivity contribution is -0.141. The Morgan fingerprint density at radius 1 is 1.32 bits per heavy atom. The molecule has 0 spiro atoms. The number of benzene rings is 1. The molecule has 1 aliphatic heterocycles. The highest BCUT2D eigenvalue weighted by molar-refractivity contribution is 5.70. The number of aliphatic carboxylic acids is 1. The number of alkyl halides is 3. The number of hydrogen-bond acceptors (Lipinski definition) is 2. The minimum atomic E-state index is -4.32. The Morgan fingerprint density at radius 3 is 2.42 bits per heavy atom.